The molecular weight excluding hydrogens is 196 g/mol. The Kier molecular flexibility index (Phi) is 6.47. The number of hydrogen-bond acceptors (Lipinski definition) is 1. The fraction of sp³-hybridized carbons (Fsp3) is 0.500. The van der Waals surface area contributed by atoms with Crippen molar-refractivity contribution in [2.24, 2.45) is 5.41 Å². The minimum absolute atomic E-state index is 0.500. The number of aromatic nitrogens is 2. The molecule has 1 aromatic heterocycles. The summed E-state index contributed by atoms with van der Waals surface area (Å²) >= 11 is 0. The Morgan fingerprint density at radius 2 is 1.50 bits per heavy atom. The Hall–Kier alpha value is -1.31. The smallest absolute Gasteiger partial charge is 0.0650 e. The standard InChI is InChI=1S/C7H6N2.C5H12.C2H6/c1-2-4-7-6(3-1)5-8-9-7;1-5(2,3)4;1-2/h1-5H,(H,8,9);1-4H3;1-2H3. The second kappa shape index (κ2) is 7.04. The number of nitrogens with zero attached hydrogens (tertiary/aromatic N) is 1. The first-order chi connectivity index (χ1) is 7.47. The van der Waals surface area contributed by atoms with Gasteiger partial charge in [-0.1, -0.05) is 59.7 Å². The van der Waals surface area contributed by atoms with E-state index in [2.05, 4.69) is 37.9 Å². The summed E-state index contributed by atoms with van der Waals surface area (Å²) in [7, 11) is 0. The zero-order valence-corrected chi connectivity index (χ0v) is 11.3. The predicted octanol–water partition coefficient (Wildman–Crippen LogP) is 4.64. The van der Waals surface area contributed by atoms with Gasteiger partial charge in [-0.2, -0.15) is 5.10 Å². The van der Waals surface area contributed by atoms with Gasteiger partial charge in [-0.15, -0.1) is 0 Å². The van der Waals surface area contributed by atoms with Crippen molar-refractivity contribution in [2.45, 2.75) is 41.5 Å². The lowest BCUT2D eigenvalue weighted by atomic mass is 10.0. The zero-order valence-electron chi connectivity index (χ0n) is 11.3. The molecule has 0 atom stereocenters. The van der Waals surface area contributed by atoms with Gasteiger partial charge in [0.15, 0.2) is 0 Å². The van der Waals surface area contributed by atoms with Crippen LogP contribution in [0.2, 0.25) is 0 Å². The molecule has 2 rings (SSSR count). The highest BCUT2D eigenvalue weighted by Gasteiger charge is 1.95. The lowest BCUT2D eigenvalue weighted by molar-refractivity contribution is 0.469. The highest BCUT2D eigenvalue weighted by atomic mass is 15.1. The number of nitrogens with one attached hydrogen (secondary N) is 1. The first-order valence-electron chi connectivity index (χ1n) is 5.85. The molecule has 0 aliphatic carbocycles. The fourth-order valence-electron chi connectivity index (χ4n) is 0.883. The van der Waals surface area contributed by atoms with Gasteiger partial charge in [-0.25, -0.2) is 0 Å². The van der Waals surface area contributed by atoms with Crippen molar-refractivity contribution in [1.82, 2.24) is 10.2 Å². The molecule has 16 heavy (non-hydrogen) atoms. The van der Waals surface area contributed by atoms with Crippen LogP contribution in [0.1, 0.15) is 41.5 Å². The van der Waals surface area contributed by atoms with E-state index >= 15 is 0 Å². The average molecular weight is 220 g/mol. The molecule has 0 spiro atoms. The molecule has 1 heterocycles. The van der Waals surface area contributed by atoms with E-state index in [1.807, 2.05) is 44.3 Å². The van der Waals surface area contributed by atoms with Gasteiger partial charge in [-0.3, -0.25) is 5.10 Å². The van der Waals surface area contributed by atoms with E-state index < -0.39 is 0 Å². The van der Waals surface area contributed by atoms with E-state index in [0.29, 0.717) is 5.41 Å². The maximum Gasteiger partial charge on any atom is 0.0650 e. The van der Waals surface area contributed by atoms with Crippen LogP contribution in [0.25, 0.3) is 10.9 Å². The molecule has 2 nitrogen and oxygen atoms in total. The second-order valence-corrected chi connectivity index (χ2v) is 4.96. The van der Waals surface area contributed by atoms with Crippen molar-refractivity contribution in [2.75, 3.05) is 0 Å². The normalized spacial score (nSPS) is 9.88. The molecule has 0 saturated carbocycles. The van der Waals surface area contributed by atoms with Gasteiger partial charge in [-0.05, 0) is 11.5 Å². The molecule has 2 heteroatoms. The van der Waals surface area contributed by atoms with E-state index in [1.54, 1.807) is 0 Å². The van der Waals surface area contributed by atoms with Gasteiger partial charge in [0.2, 0.25) is 0 Å². The van der Waals surface area contributed by atoms with Crippen LogP contribution in [0.15, 0.2) is 30.5 Å². The highest BCUT2D eigenvalue weighted by Crippen LogP contribution is 2.08. The molecule has 90 valence electrons. The summed E-state index contributed by atoms with van der Waals surface area (Å²) in [5.41, 5.74) is 1.59. The van der Waals surface area contributed by atoms with Gasteiger partial charge in [0.1, 0.15) is 0 Å². The lowest BCUT2D eigenvalue weighted by Crippen LogP contribution is -1.93. The van der Waals surface area contributed by atoms with Gasteiger partial charge in [0.05, 0.1) is 11.7 Å². The Bertz CT molecular complexity index is 347. The SMILES string of the molecule is CC.CC(C)(C)C.c1ccc2[nH]ncc2c1. The molecule has 0 radical (unpaired) electrons. The Morgan fingerprint density at radius 1 is 1.00 bits per heavy atom. The third-order valence-corrected chi connectivity index (χ3v) is 1.35. The van der Waals surface area contributed by atoms with Crippen molar-refractivity contribution >= 4 is 10.9 Å². The Labute approximate surface area is 99.1 Å². The summed E-state index contributed by atoms with van der Waals surface area (Å²) in [6.45, 7) is 12.8. The minimum Gasteiger partial charge on any atom is -0.278 e. The van der Waals surface area contributed by atoms with Crippen LogP contribution in [0.4, 0.5) is 0 Å². The number of hydrogen-bond donors (Lipinski definition) is 1. The molecule has 1 N–H and O–H groups in total. The lowest BCUT2D eigenvalue weighted by Gasteiger charge is -2.05. The van der Waals surface area contributed by atoms with Gasteiger partial charge in [0, 0.05) is 5.39 Å². The van der Waals surface area contributed by atoms with E-state index in [9.17, 15) is 0 Å². The van der Waals surface area contributed by atoms with Crippen LogP contribution in [0, 0.1) is 5.41 Å². The van der Waals surface area contributed by atoms with Crippen molar-refractivity contribution in [3.63, 3.8) is 0 Å². The summed E-state index contributed by atoms with van der Waals surface area (Å²) in [4.78, 5) is 0. The summed E-state index contributed by atoms with van der Waals surface area (Å²) in [6.07, 6.45) is 1.81. The minimum atomic E-state index is 0.500. The van der Waals surface area contributed by atoms with Crippen molar-refractivity contribution < 1.29 is 0 Å². The van der Waals surface area contributed by atoms with E-state index in [4.69, 9.17) is 0 Å². The van der Waals surface area contributed by atoms with Crippen LogP contribution in [0.5, 0.6) is 0 Å². The number of benzene rings is 1. The maximum absolute atomic E-state index is 3.88. The molecule has 0 saturated heterocycles. The average Bonchev–Trinajstić information content (AvgIpc) is 2.66. The maximum atomic E-state index is 3.88. The first-order valence-corrected chi connectivity index (χ1v) is 5.85. The van der Waals surface area contributed by atoms with Gasteiger partial charge < -0.3 is 0 Å². The van der Waals surface area contributed by atoms with Crippen LogP contribution in [0.3, 0.4) is 0 Å². The monoisotopic (exact) mass is 220 g/mol. The topological polar surface area (TPSA) is 28.7 Å². The highest BCUT2D eigenvalue weighted by molar-refractivity contribution is 5.77. The van der Waals surface area contributed by atoms with Crippen LogP contribution >= 0.6 is 0 Å². The molecule has 0 unspecified atom stereocenters. The molecule has 0 aliphatic heterocycles. The quantitative estimate of drug-likeness (QED) is 0.688. The van der Waals surface area contributed by atoms with Gasteiger partial charge >= 0.3 is 0 Å². The third-order valence-electron chi connectivity index (χ3n) is 1.35. The summed E-state index contributed by atoms with van der Waals surface area (Å²) in [5, 5.41) is 7.91. The Morgan fingerprint density at radius 3 is 2.00 bits per heavy atom. The van der Waals surface area contributed by atoms with Gasteiger partial charge in [0.25, 0.3) is 0 Å². The van der Waals surface area contributed by atoms with E-state index in [-0.39, 0.29) is 0 Å². The second-order valence-electron chi connectivity index (χ2n) is 4.96. The number of para-hydroxylation sites is 1. The third kappa shape index (κ3) is 7.04. The molecule has 2 aromatic rings. The van der Waals surface area contributed by atoms with Crippen LogP contribution in [-0.4, -0.2) is 10.2 Å². The summed E-state index contributed by atoms with van der Waals surface area (Å²) < 4.78 is 0. The first kappa shape index (κ1) is 14.7. The van der Waals surface area contributed by atoms with Crippen LogP contribution < -0.4 is 0 Å². The molecule has 0 fully saturated rings. The molecule has 0 bridgehead atoms. The van der Waals surface area contributed by atoms with Crippen molar-refractivity contribution in [1.29, 1.82) is 0 Å². The molecule has 0 aliphatic rings. The van der Waals surface area contributed by atoms with Crippen molar-refractivity contribution in [3.05, 3.63) is 30.5 Å². The van der Waals surface area contributed by atoms with E-state index in [1.165, 1.54) is 0 Å². The Balaban J connectivity index is 0.000000280. The summed E-state index contributed by atoms with van der Waals surface area (Å²) in [5.74, 6) is 0. The molecular formula is C14H24N2. The van der Waals surface area contributed by atoms with Crippen molar-refractivity contribution in [3.8, 4) is 0 Å². The van der Waals surface area contributed by atoms with E-state index in [0.717, 1.165) is 10.9 Å². The summed E-state index contributed by atoms with van der Waals surface area (Å²) in [6, 6.07) is 8.01. The number of H-pyrrole nitrogens is 1. The van der Waals surface area contributed by atoms with Crippen LogP contribution in [-0.2, 0) is 0 Å². The predicted molar refractivity (Wildman–Crippen MR) is 72.6 cm³/mol. The molecule has 0 amide bonds. The molecule has 1 aromatic carbocycles. The number of fused-ring (bicyclic) bond motifs is 1. The fourth-order valence-corrected chi connectivity index (χ4v) is 0.883. The largest absolute Gasteiger partial charge is 0.278 e. The number of aromatic amines is 1. The number of rotatable bonds is 0. The zero-order chi connectivity index (χ0) is 12.6.